The van der Waals surface area contributed by atoms with Crippen molar-refractivity contribution >= 4 is 16.6 Å². The van der Waals surface area contributed by atoms with E-state index in [-0.39, 0.29) is 5.69 Å². The summed E-state index contributed by atoms with van der Waals surface area (Å²) in [6, 6.07) is 13.2. The van der Waals surface area contributed by atoms with Gasteiger partial charge in [0.15, 0.2) is 0 Å². The van der Waals surface area contributed by atoms with E-state index in [1.165, 1.54) is 0 Å². The average molecular weight is 284 g/mol. The molecule has 1 N–H and O–H groups in total. The summed E-state index contributed by atoms with van der Waals surface area (Å²) in [5.41, 5.74) is 3.04. The topological polar surface area (TPSA) is 24.9 Å². The van der Waals surface area contributed by atoms with E-state index in [4.69, 9.17) is 0 Å². The Bertz CT molecular complexity index is 800. The number of benzene rings is 2. The molecule has 0 aliphatic carbocycles. The van der Waals surface area contributed by atoms with Gasteiger partial charge in [-0.2, -0.15) is 0 Å². The fourth-order valence-corrected chi connectivity index (χ4v) is 2.22. The number of nitrogens with one attached hydrogen (secondary N) is 1. The molecule has 0 bridgehead atoms. The Kier molecular flexibility index (Phi) is 3.52. The minimum absolute atomic E-state index is 0.164. The molecule has 21 heavy (non-hydrogen) atoms. The van der Waals surface area contributed by atoms with Crippen molar-refractivity contribution in [3.8, 4) is 0 Å². The summed E-state index contributed by atoms with van der Waals surface area (Å²) in [5, 5.41) is 3.94. The standard InChI is InChI=1S/C17H14F2N2/c1-11-2-4-13-8-12(3-7-16(13)21-11)10-20-17-9-14(18)5-6-15(17)19/h2-9,20H,10H2,1H3. The average Bonchev–Trinajstić information content (AvgIpc) is 2.48. The fourth-order valence-electron chi connectivity index (χ4n) is 2.22. The van der Waals surface area contributed by atoms with Crippen LogP contribution in [0.4, 0.5) is 14.5 Å². The lowest BCUT2D eigenvalue weighted by atomic mass is 10.1. The van der Waals surface area contributed by atoms with E-state index in [1.54, 1.807) is 0 Å². The number of hydrogen-bond acceptors (Lipinski definition) is 2. The summed E-state index contributed by atoms with van der Waals surface area (Å²) in [7, 11) is 0. The van der Waals surface area contributed by atoms with Gasteiger partial charge in [-0.25, -0.2) is 8.78 Å². The van der Waals surface area contributed by atoms with Crippen molar-refractivity contribution in [2.75, 3.05) is 5.32 Å². The normalized spacial score (nSPS) is 10.8. The molecule has 0 amide bonds. The zero-order valence-corrected chi connectivity index (χ0v) is 11.5. The summed E-state index contributed by atoms with van der Waals surface area (Å²) in [6.07, 6.45) is 0. The van der Waals surface area contributed by atoms with Crippen LogP contribution in [0.5, 0.6) is 0 Å². The molecule has 2 aromatic carbocycles. The van der Waals surface area contributed by atoms with Crippen molar-refractivity contribution in [1.82, 2.24) is 4.98 Å². The van der Waals surface area contributed by atoms with E-state index < -0.39 is 11.6 Å². The Labute approximate surface area is 121 Å². The Morgan fingerprint density at radius 2 is 1.86 bits per heavy atom. The first-order valence-electron chi connectivity index (χ1n) is 6.67. The van der Waals surface area contributed by atoms with Crippen LogP contribution in [-0.4, -0.2) is 4.98 Å². The number of aryl methyl sites for hydroxylation is 1. The van der Waals surface area contributed by atoms with Crippen LogP contribution in [-0.2, 0) is 6.54 Å². The van der Waals surface area contributed by atoms with Crippen molar-refractivity contribution in [1.29, 1.82) is 0 Å². The Hall–Kier alpha value is -2.49. The van der Waals surface area contributed by atoms with Crippen molar-refractivity contribution in [3.05, 3.63) is 71.4 Å². The Morgan fingerprint density at radius 1 is 1.00 bits per heavy atom. The van der Waals surface area contributed by atoms with Gasteiger partial charge in [-0.15, -0.1) is 0 Å². The van der Waals surface area contributed by atoms with Crippen LogP contribution in [0, 0.1) is 18.6 Å². The second kappa shape index (κ2) is 5.48. The minimum Gasteiger partial charge on any atom is -0.379 e. The van der Waals surface area contributed by atoms with Gasteiger partial charge >= 0.3 is 0 Å². The molecule has 0 saturated heterocycles. The molecule has 0 spiro atoms. The highest BCUT2D eigenvalue weighted by Gasteiger charge is 2.04. The van der Waals surface area contributed by atoms with Gasteiger partial charge in [-0.3, -0.25) is 4.98 Å². The van der Waals surface area contributed by atoms with Crippen molar-refractivity contribution in [2.45, 2.75) is 13.5 Å². The summed E-state index contributed by atoms with van der Waals surface area (Å²) >= 11 is 0. The van der Waals surface area contributed by atoms with Crippen LogP contribution in [0.25, 0.3) is 10.9 Å². The number of nitrogens with zero attached hydrogens (tertiary/aromatic N) is 1. The first kappa shape index (κ1) is 13.5. The van der Waals surface area contributed by atoms with Crippen LogP contribution in [0.3, 0.4) is 0 Å². The Balaban J connectivity index is 1.82. The number of pyridine rings is 1. The molecule has 1 heterocycles. The summed E-state index contributed by atoms with van der Waals surface area (Å²) in [5.74, 6) is -0.924. The second-order valence-electron chi connectivity index (χ2n) is 4.96. The van der Waals surface area contributed by atoms with Crippen molar-refractivity contribution in [3.63, 3.8) is 0 Å². The van der Waals surface area contributed by atoms with E-state index in [0.29, 0.717) is 6.54 Å². The number of rotatable bonds is 3. The Morgan fingerprint density at radius 3 is 2.71 bits per heavy atom. The van der Waals surface area contributed by atoms with Gasteiger partial charge in [0.05, 0.1) is 11.2 Å². The number of halogens is 2. The van der Waals surface area contributed by atoms with Gasteiger partial charge in [-0.1, -0.05) is 12.1 Å². The third kappa shape index (κ3) is 2.99. The SMILES string of the molecule is Cc1ccc2cc(CNc3cc(F)ccc3F)ccc2n1. The van der Waals surface area contributed by atoms with E-state index in [0.717, 1.165) is 40.4 Å². The molecular formula is C17H14F2N2. The lowest BCUT2D eigenvalue weighted by Crippen LogP contribution is -2.02. The van der Waals surface area contributed by atoms with E-state index in [9.17, 15) is 8.78 Å². The summed E-state index contributed by atoms with van der Waals surface area (Å²) < 4.78 is 26.6. The van der Waals surface area contributed by atoms with Gasteiger partial charge in [-0.05, 0) is 48.9 Å². The minimum atomic E-state index is -0.463. The quantitative estimate of drug-likeness (QED) is 0.769. The van der Waals surface area contributed by atoms with E-state index in [1.807, 2.05) is 37.3 Å². The van der Waals surface area contributed by atoms with E-state index >= 15 is 0 Å². The molecule has 4 heteroatoms. The molecule has 0 fully saturated rings. The molecule has 0 saturated carbocycles. The molecule has 2 nitrogen and oxygen atoms in total. The maximum absolute atomic E-state index is 13.5. The van der Waals surface area contributed by atoms with E-state index in [2.05, 4.69) is 10.3 Å². The molecule has 0 aliphatic heterocycles. The smallest absolute Gasteiger partial charge is 0.146 e. The third-order valence-corrected chi connectivity index (χ3v) is 3.30. The highest BCUT2D eigenvalue weighted by molar-refractivity contribution is 5.79. The highest BCUT2D eigenvalue weighted by atomic mass is 19.1. The van der Waals surface area contributed by atoms with Crippen LogP contribution in [0.15, 0.2) is 48.5 Å². The van der Waals surface area contributed by atoms with Crippen molar-refractivity contribution in [2.24, 2.45) is 0 Å². The molecule has 0 aliphatic rings. The molecule has 1 aromatic heterocycles. The monoisotopic (exact) mass is 284 g/mol. The summed E-state index contributed by atoms with van der Waals surface area (Å²) in [6.45, 7) is 2.37. The number of aromatic nitrogens is 1. The van der Waals surface area contributed by atoms with Gasteiger partial charge < -0.3 is 5.32 Å². The van der Waals surface area contributed by atoms with Crippen LogP contribution < -0.4 is 5.32 Å². The molecule has 3 rings (SSSR count). The molecule has 3 aromatic rings. The van der Waals surface area contributed by atoms with Crippen LogP contribution >= 0.6 is 0 Å². The first-order chi connectivity index (χ1) is 10.1. The second-order valence-corrected chi connectivity index (χ2v) is 4.96. The highest BCUT2D eigenvalue weighted by Crippen LogP contribution is 2.18. The van der Waals surface area contributed by atoms with Gasteiger partial charge in [0.1, 0.15) is 11.6 Å². The van der Waals surface area contributed by atoms with Gasteiger partial charge in [0, 0.05) is 17.6 Å². The van der Waals surface area contributed by atoms with Gasteiger partial charge in [0.2, 0.25) is 0 Å². The molecule has 0 atom stereocenters. The third-order valence-electron chi connectivity index (χ3n) is 3.30. The van der Waals surface area contributed by atoms with Crippen LogP contribution in [0.2, 0.25) is 0 Å². The lowest BCUT2D eigenvalue weighted by molar-refractivity contribution is 0.602. The number of fused-ring (bicyclic) bond motifs is 1. The predicted molar refractivity (Wildman–Crippen MR) is 80.2 cm³/mol. The zero-order valence-electron chi connectivity index (χ0n) is 11.5. The molecular weight excluding hydrogens is 270 g/mol. The molecule has 0 radical (unpaired) electrons. The number of anilines is 1. The molecule has 106 valence electrons. The van der Waals surface area contributed by atoms with Gasteiger partial charge in [0.25, 0.3) is 0 Å². The predicted octanol–water partition coefficient (Wildman–Crippen LogP) is 4.43. The molecule has 0 unspecified atom stereocenters. The lowest BCUT2D eigenvalue weighted by Gasteiger charge is -2.09. The van der Waals surface area contributed by atoms with Crippen molar-refractivity contribution < 1.29 is 8.78 Å². The number of hydrogen-bond donors (Lipinski definition) is 1. The largest absolute Gasteiger partial charge is 0.379 e. The fraction of sp³-hybridized carbons (Fsp3) is 0.118. The van der Waals surface area contributed by atoms with Crippen LogP contribution in [0.1, 0.15) is 11.3 Å². The maximum Gasteiger partial charge on any atom is 0.146 e. The zero-order chi connectivity index (χ0) is 14.8. The maximum atomic E-state index is 13.5. The summed E-state index contributed by atoms with van der Waals surface area (Å²) in [4.78, 5) is 4.43. The first-order valence-corrected chi connectivity index (χ1v) is 6.67.